The van der Waals surface area contributed by atoms with Gasteiger partial charge in [-0.05, 0) is 25.0 Å². The summed E-state index contributed by atoms with van der Waals surface area (Å²) in [6.07, 6.45) is 3.10. The molecule has 0 atom stereocenters. The van der Waals surface area contributed by atoms with Crippen molar-refractivity contribution >= 4 is 22.6 Å². The Labute approximate surface area is 138 Å². The molecule has 1 saturated heterocycles. The highest BCUT2D eigenvalue weighted by atomic mass is 16.5. The van der Waals surface area contributed by atoms with Crippen LogP contribution in [-0.4, -0.2) is 34.3 Å². The molecule has 0 saturated carbocycles. The Morgan fingerprint density at radius 3 is 2.88 bits per heavy atom. The van der Waals surface area contributed by atoms with Gasteiger partial charge in [0, 0.05) is 24.5 Å². The van der Waals surface area contributed by atoms with Crippen LogP contribution in [-0.2, 0) is 4.74 Å². The van der Waals surface area contributed by atoms with Gasteiger partial charge in [-0.25, -0.2) is 4.98 Å². The van der Waals surface area contributed by atoms with E-state index in [0.717, 1.165) is 23.7 Å². The van der Waals surface area contributed by atoms with Crippen LogP contribution in [0, 0.1) is 0 Å². The maximum Gasteiger partial charge on any atom is 0.278 e. The summed E-state index contributed by atoms with van der Waals surface area (Å²) in [7, 11) is 0. The number of oxazole rings is 1. The first-order chi connectivity index (χ1) is 11.8. The number of anilines is 1. The van der Waals surface area contributed by atoms with Gasteiger partial charge >= 0.3 is 0 Å². The molecule has 7 nitrogen and oxygen atoms in total. The highest BCUT2D eigenvalue weighted by Crippen LogP contribution is 2.26. The lowest BCUT2D eigenvalue weighted by molar-refractivity contribution is 0.0794. The zero-order chi connectivity index (χ0) is 16.4. The van der Waals surface area contributed by atoms with Crippen LogP contribution in [0.2, 0.25) is 0 Å². The number of nitrogens with zero attached hydrogens (tertiary/aromatic N) is 3. The third kappa shape index (κ3) is 2.98. The molecule has 24 heavy (non-hydrogen) atoms. The minimum atomic E-state index is -0.360. The van der Waals surface area contributed by atoms with E-state index in [-0.39, 0.29) is 17.5 Å². The summed E-state index contributed by atoms with van der Waals surface area (Å²) in [6, 6.07) is 9.36. The molecule has 0 radical (unpaired) electrons. The number of fused-ring (bicyclic) bond motifs is 1. The molecule has 1 fully saturated rings. The molecule has 122 valence electrons. The summed E-state index contributed by atoms with van der Waals surface area (Å²) in [4.78, 5) is 16.6. The smallest absolute Gasteiger partial charge is 0.278 e. The third-order valence-electron chi connectivity index (χ3n) is 4.06. The maximum atomic E-state index is 12.3. The van der Waals surface area contributed by atoms with Crippen LogP contribution in [0.4, 0.5) is 5.82 Å². The van der Waals surface area contributed by atoms with Gasteiger partial charge in [-0.15, -0.1) is 10.2 Å². The van der Waals surface area contributed by atoms with Crippen molar-refractivity contribution in [1.29, 1.82) is 0 Å². The molecule has 2 aromatic heterocycles. The normalized spacial score (nSPS) is 15.5. The van der Waals surface area contributed by atoms with E-state index in [1.807, 2.05) is 24.3 Å². The molecule has 0 bridgehead atoms. The van der Waals surface area contributed by atoms with Crippen molar-refractivity contribution in [3.8, 4) is 0 Å². The molecule has 1 aliphatic rings. The number of carbonyl (C=O) groups is 1. The molecule has 7 heteroatoms. The number of ether oxygens (including phenoxy) is 1. The van der Waals surface area contributed by atoms with Gasteiger partial charge in [-0.2, -0.15) is 0 Å². The van der Waals surface area contributed by atoms with Crippen molar-refractivity contribution < 1.29 is 13.9 Å². The molecule has 1 aromatic carbocycles. The van der Waals surface area contributed by atoms with Gasteiger partial charge in [-0.1, -0.05) is 18.2 Å². The summed E-state index contributed by atoms with van der Waals surface area (Å²) in [5.41, 5.74) is 1.02. The fourth-order valence-corrected chi connectivity index (χ4v) is 2.75. The monoisotopic (exact) mass is 324 g/mol. The highest BCUT2D eigenvalue weighted by molar-refractivity contribution is 6.02. The maximum absolute atomic E-state index is 12.3. The molecular weight excluding hydrogens is 308 g/mol. The molecular formula is C17H16N4O3. The minimum Gasteiger partial charge on any atom is -0.448 e. The van der Waals surface area contributed by atoms with Crippen LogP contribution < -0.4 is 5.32 Å². The van der Waals surface area contributed by atoms with E-state index in [9.17, 15) is 4.79 Å². The summed E-state index contributed by atoms with van der Waals surface area (Å²) in [5.74, 6) is 0.824. The topological polar surface area (TPSA) is 90.1 Å². The Kier molecular flexibility index (Phi) is 3.92. The van der Waals surface area contributed by atoms with Gasteiger partial charge in [-0.3, -0.25) is 4.79 Å². The summed E-state index contributed by atoms with van der Waals surface area (Å²) in [5, 5.41) is 11.7. The second-order valence-electron chi connectivity index (χ2n) is 5.70. The summed E-state index contributed by atoms with van der Waals surface area (Å²) >= 11 is 0. The summed E-state index contributed by atoms with van der Waals surface area (Å²) in [6.45, 7) is 1.39. The van der Waals surface area contributed by atoms with Crippen LogP contribution >= 0.6 is 0 Å². The lowest BCUT2D eigenvalue weighted by atomic mass is 10.0. The second-order valence-corrected chi connectivity index (χ2v) is 5.70. The van der Waals surface area contributed by atoms with E-state index in [2.05, 4.69) is 20.5 Å². The Balaban J connectivity index is 1.49. The van der Waals surface area contributed by atoms with Crippen LogP contribution in [0.25, 0.3) is 10.9 Å². The predicted molar refractivity (Wildman–Crippen MR) is 86.8 cm³/mol. The number of amides is 1. The average Bonchev–Trinajstić information content (AvgIpc) is 3.13. The summed E-state index contributed by atoms with van der Waals surface area (Å²) < 4.78 is 10.8. The molecule has 1 aliphatic heterocycles. The first-order valence-corrected chi connectivity index (χ1v) is 7.86. The first-order valence-electron chi connectivity index (χ1n) is 7.86. The van der Waals surface area contributed by atoms with Crippen molar-refractivity contribution in [2.75, 3.05) is 18.5 Å². The standard InChI is InChI=1S/C17H16N4O3/c22-16(14-10-24-17(18-14)11-5-7-23-8-6-11)19-15-9-12-3-1-2-4-13(12)20-21-15/h1-4,9-11H,5-8H2,(H,19,21,22). The fourth-order valence-electron chi connectivity index (χ4n) is 2.75. The zero-order valence-corrected chi connectivity index (χ0v) is 12.9. The number of rotatable bonds is 3. The van der Waals surface area contributed by atoms with E-state index < -0.39 is 0 Å². The van der Waals surface area contributed by atoms with Crippen molar-refractivity contribution in [3.05, 3.63) is 48.2 Å². The number of benzene rings is 1. The molecule has 3 heterocycles. The Morgan fingerprint density at radius 1 is 1.17 bits per heavy atom. The largest absolute Gasteiger partial charge is 0.448 e. The van der Waals surface area contributed by atoms with Crippen molar-refractivity contribution in [3.63, 3.8) is 0 Å². The van der Waals surface area contributed by atoms with Gasteiger partial charge in [0.1, 0.15) is 6.26 Å². The SMILES string of the molecule is O=C(Nc1cc2ccccc2nn1)c1coc(C2CCOCC2)n1. The molecule has 1 N–H and O–H groups in total. The van der Waals surface area contributed by atoms with E-state index in [4.69, 9.17) is 9.15 Å². The number of carbonyl (C=O) groups excluding carboxylic acids is 1. The zero-order valence-electron chi connectivity index (χ0n) is 12.9. The fraction of sp³-hybridized carbons (Fsp3) is 0.294. The molecule has 0 spiro atoms. The van der Waals surface area contributed by atoms with Crippen LogP contribution in [0.5, 0.6) is 0 Å². The average molecular weight is 324 g/mol. The van der Waals surface area contributed by atoms with Crippen LogP contribution in [0.15, 0.2) is 41.0 Å². The molecule has 0 unspecified atom stereocenters. The van der Waals surface area contributed by atoms with Crippen molar-refractivity contribution in [2.45, 2.75) is 18.8 Å². The van der Waals surface area contributed by atoms with E-state index in [1.54, 1.807) is 6.07 Å². The Morgan fingerprint density at radius 2 is 2.00 bits per heavy atom. The van der Waals surface area contributed by atoms with Gasteiger partial charge in [0.25, 0.3) is 5.91 Å². The van der Waals surface area contributed by atoms with Gasteiger partial charge < -0.3 is 14.5 Å². The van der Waals surface area contributed by atoms with E-state index in [1.165, 1.54) is 6.26 Å². The van der Waals surface area contributed by atoms with E-state index >= 15 is 0 Å². The van der Waals surface area contributed by atoms with Gasteiger partial charge in [0.2, 0.25) is 0 Å². The molecule has 0 aliphatic carbocycles. The van der Waals surface area contributed by atoms with Crippen LogP contribution in [0.3, 0.4) is 0 Å². The molecule has 1 amide bonds. The predicted octanol–water partition coefficient (Wildman–Crippen LogP) is 2.76. The molecule has 3 aromatic rings. The number of hydrogen-bond acceptors (Lipinski definition) is 6. The lowest BCUT2D eigenvalue weighted by Gasteiger charge is -2.18. The van der Waals surface area contributed by atoms with Crippen molar-refractivity contribution in [2.24, 2.45) is 0 Å². The van der Waals surface area contributed by atoms with E-state index in [0.29, 0.717) is 24.9 Å². The first kappa shape index (κ1) is 14.8. The van der Waals surface area contributed by atoms with Crippen LogP contribution in [0.1, 0.15) is 35.1 Å². The number of aromatic nitrogens is 3. The molecule has 4 rings (SSSR count). The lowest BCUT2D eigenvalue weighted by Crippen LogP contribution is -2.16. The van der Waals surface area contributed by atoms with Gasteiger partial charge in [0.05, 0.1) is 5.52 Å². The van der Waals surface area contributed by atoms with Gasteiger partial charge in [0.15, 0.2) is 17.4 Å². The highest BCUT2D eigenvalue weighted by Gasteiger charge is 2.22. The number of nitrogens with one attached hydrogen (secondary N) is 1. The van der Waals surface area contributed by atoms with Crippen molar-refractivity contribution in [1.82, 2.24) is 15.2 Å². The number of hydrogen-bond donors (Lipinski definition) is 1. The minimum absolute atomic E-state index is 0.209. The Hall–Kier alpha value is -2.80. The second kappa shape index (κ2) is 6.37. The Bertz CT molecular complexity index is 871. The quantitative estimate of drug-likeness (QED) is 0.796. The third-order valence-corrected chi connectivity index (χ3v) is 4.06.